The summed E-state index contributed by atoms with van der Waals surface area (Å²) < 4.78 is 5.24. The van der Waals surface area contributed by atoms with Crippen LogP contribution in [0.1, 0.15) is 27.6 Å². The quantitative estimate of drug-likeness (QED) is 0.315. The number of halogens is 1. The zero-order valence-corrected chi connectivity index (χ0v) is 18.8. The predicted molar refractivity (Wildman–Crippen MR) is 123 cm³/mol. The van der Waals surface area contributed by atoms with Crippen molar-refractivity contribution in [3.05, 3.63) is 86.1 Å². The molecule has 1 saturated heterocycles. The van der Waals surface area contributed by atoms with Crippen molar-refractivity contribution in [3.8, 4) is 5.75 Å². The number of nitrogens with zero attached hydrogens (tertiary/aromatic N) is 1. The highest BCUT2D eigenvalue weighted by Gasteiger charge is 2.47. The van der Waals surface area contributed by atoms with E-state index in [1.807, 2.05) is 49.6 Å². The highest BCUT2D eigenvalue weighted by atomic mass is 35.5. The number of amides is 1. The van der Waals surface area contributed by atoms with Crippen LogP contribution < -0.4 is 9.64 Å². The molecule has 0 spiro atoms. The molecule has 2 aromatic carbocycles. The third-order valence-corrected chi connectivity index (χ3v) is 6.54. The monoisotopic (exact) mass is 453 g/mol. The van der Waals surface area contributed by atoms with E-state index in [9.17, 15) is 14.7 Å². The Labute approximate surface area is 189 Å². The van der Waals surface area contributed by atoms with Gasteiger partial charge in [0.25, 0.3) is 11.7 Å². The SMILES string of the molecule is COc1cc(/C(O)=C2/C(=O)C(=O)N(c3cc(C)ccc3C)C2c2cccs2)ccc1Cl. The number of carbonyl (C=O) groups is 2. The lowest BCUT2D eigenvalue weighted by molar-refractivity contribution is -0.132. The number of ketones is 1. The van der Waals surface area contributed by atoms with Crippen LogP contribution in [0, 0.1) is 13.8 Å². The van der Waals surface area contributed by atoms with Gasteiger partial charge in [-0.1, -0.05) is 29.8 Å². The van der Waals surface area contributed by atoms with Crippen LogP contribution in [-0.2, 0) is 9.59 Å². The Balaban J connectivity index is 1.95. The van der Waals surface area contributed by atoms with Crippen LogP contribution in [0.4, 0.5) is 5.69 Å². The van der Waals surface area contributed by atoms with Gasteiger partial charge < -0.3 is 9.84 Å². The van der Waals surface area contributed by atoms with E-state index in [0.717, 1.165) is 16.0 Å². The highest BCUT2D eigenvalue weighted by Crippen LogP contribution is 2.45. The van der Waals surface area contributed by atoms with Gasteiger partial charge in [0, 0.05) is 16.1 Å². The lowest BCUT2D eigenvalue weighted by Crippen LogP contribution is -2.29. The summed E-state index contributed by atoms with van der Waals surface area (Å²) in [7, 11) is 1.47. The van der Waals surface area contributed by atoms with Crippen LogP contribution >= 0.6 is 22.9 Å². The number of aryl methyl sites for hydroxylation is 2. The standard InChI is InChI=1S/C24H20ClNO4S/c1-13-6-7-14(2)17(11-13)26-21(19-5-4-10-31-19)20(23(28)24(26)29)22(27)15-8-9-16(25)18(12-15)30-3/h4-12,21,27H,1-3H3/b22-20-. The molecule has 1 amide bonds. The van der Waals surface area contributed by atoms with Crippen molar-refractivity contribution in [2.75, 3.05) is 12.0 Å². The van der Waals surface area contributed by atoms with Crippen molar-refractivity contribution in [1.82, 2.24) is 0 Å². The summed E-state index contributed by atoms with van der Waals surface area (Å²) in [6, 6.07) is 13.5. The fourth-order valence-electron chi connectivity index (χ4n) is 3.74. The molecular formula is C24H20ClNO4S. The Morgan fingerprint density at radius 3 is 2.58 bits per heavy atom. The first-order chi connectivity index (χ1) is 14.8. The van der Waals surface area contributed by atoms with Crippen LogP contribution in [0.2, 0.25) is 5.02 Å². The Morgan fingerprint density at radius 1 is 1.13 bits per heavy atom. The molecule has 1 aliphatic heterocycles. The van der Waals surface area contributed by atoms with E-state index in [1.165, 1.54) is 23.3 Å². The number of methoxy groups -OCH3 is 1. The first-order valence-corrected chi connectivity index (χ1v) is 10.8. The number of ether oxygens (including phenoxy) is 1. The van der Waals surface area contributed by atoms with Gasteiger partial charge in [-0.2, -0.15) is 0 Å². The minimum absolute atomic E-state index is 0.0396. The summed E-state index contributed by atoms with van der Waals surface area (Å²) >= 11 is 7.53. The third-order valence-electron chi connectivity index (χ3n) is 5.31. The second-order valence-corrected chi connectivity index (χ2v) is 8.71. The molecule has 1 atom stereocenters. The van der Waals surface area contributed by atoms with Gasteiger partial charge in [0.2, 0.25) is 0 Å². The second kappa shape index (κ2) is 8.21. The summed E-state index contributed by atoms with van der Waals surface area (Å²) in [5, 5.41) is 13.4. The molecule has 1 fully saturated rings. The van der Waals surface area contributed by atoms with Crippen LogP contribution in [-0.4, -0.2) is 23.9 Å². The predicted octanol–water partition coefficient (Wildman–Crippen LogP) is 5.65. The minimum Gasteiger partial charge on any atom is -0.507 e. The molecule has 1 aromatic heterocycles. The van der Waals surface area contributed by atoms with Crippen LogP contribution in [0.5, 0.6) is 5.75 Å². The van der Waals surface area contributed by atoms with E-state index in [-0.39, 0.29) is 11.3 Å². The maximum absolute atomic E-state index is 13.2. The number of benzene rings is 2. The molecule has 0 radical (unpaired) electrons. The van der Waals surface area contributed by atoms with Gasteiger partial charge in [0.1, 0.15) is 17.6 Å². The Bertz CT molecular complexity index is 1220. The van der Waals surface area contributed by atoms with Gasteiger partial charge in [-0.25, -0.2) is 0 Å². The molecule has 1 unspecified atom stereocenters. The van der Waals surface area contributed by atoms with Crippen molar-refractivity contribution in [2.24, 2.45) is 0 Å². The smallest absolute Gasteiger partial charge is 0.300 e. The number of hydrogen-bond acceptors (Lipinski definition) is 5. The molecule has 4 rings (SSSR count). The fraction of sp³-hybridized carbons (Fsp3) is 0.167. The number of thiophene rings is 1. The van der Waals surface area contributed by atoms with E-state index in [2.05, 4.69) is 0 Å². The summed E-state index contributed by atoms with van der Waals surface area (Å²) in [6.07, 6.45) is 0. The molecule has 5 nitrogen and oxygen atoms in total. The molecule has 1 aliphatic rings. The van der Waals surface area contributed by atoms with Gasteiger partial charge in [-0.15, -0.1) is 11.3 Å². The molecule has 0 aliphatic carbocycles. The normalized spacial score (nSPS) is 17.9. The van der Waals surface area contributed by atoms with Crippen molar-refractivity contribution < 1.29 is 19.4 Å². The maximum Gasteiger partial charge on any atom is 0.300 e. The zero-order chi connectivity index (χ0) is 22.3. The maximum atomic E-state index is 13.2. The lowest BCUT2D eigenvalue weighted by atomic mass is 9.99. The topological polar surface area (TPSA) is 66.8 Å². The Morgan fingerprint density at radius 2 is 1.90 bits per heavy atom. The molecular weight excluding hydrogens is 434 g/mol. The Kier molecular flexibility index (Phi) is 5.60. The number of anilines is 1. The number of hydrogen-bond donors (Lipinski definition) is 1. The molecule has 31 heavy (non-hydrogen) atoms. The average molecular weight is 454 g/mol. The van der Waals surface area contributed by atoms with Crippen LogP contribution in [0.25, 0.3) is 5.76 Å². The number of rotatable bonds is 4. The molecule has 2 heterocycles. The van der Waals surface area contributed by atoms with Crippen molar-refractivity contribution in [2.45, 2.75) is 19.9 Å². The first kappa shape index (κ1) is 21.2. The molecule has 0 saturated carbocycles. The molecule has 7 heteroatoms. The van der Waals surface area contributed by atoms with Crippen LogP contribution in [0.3, 0.4) is 0 Å². The van der Waals surface area contributed by atoms with E-state index >= 15 is 0 Å². The van der Waals surface area contributed by atoms with Gasteiger partial charge in [-0.05, 0) is 60.7 Å². The molecule has 0 bridgehead atoms. The number of carbonyl (C=O) groups excluding carboxylic acids is 2. The number of aliphatic hydroxyl groups excluding tert-OH is 1. The van der Waals surface area contributed by atoms with Crippen molar-refractivity contribution in [1.29, 1.82) is 0 Å². The molecule has 3 aromatic rings. The van der Waals surface area contributed by atoms with Crippen LogP contribution in [0.15, 0.2) is 59.5 Å². The van der Waals surface area contributed by atoms with Crippen molar-refractivity contribution in [3.63, 3.8) is 0 Å². The minimum atomic E-state index is -0.734. The Hall–Kier alpha value is -3.09. The summed E-state index contributed by atoms with van der Waals surface area (Å²) in [6.45, 7) is 3.82. The number of aliphatic hydroxyl groups is 1. The van der Waals surface area contributed by atoms with Gasteiger partial charge in [0.05, 0.1) is 17.7 Å². The van der Waals surface area contributed by atoms with E-state index in [1.54, 1.807) is 18.2 Å². The van der Waals surface area contributed by atoms with E-state index in [0.29, 0.717) is 22.0 Å². The third kappa shape index (κ3) is 3.62. The first-order valence-electron chi connectivity index (χ1n) is 9.59. The summed E-state index contributed by atoms with van der Waals surface area (Å²) in [5.41, 5.74) is 2.87. The zero-order valence-electron chi connectivity index (χ0n) is 17.2. The summed E-state index contributed by atoms with van der Waals surface area (Å²) in [5.74, 6) is -1.30. The van der Waals surface area contributed by atoms with E-state index in [4.69, 9.17) is 16.3 Å². The van der Waals surface area contributed by atoms with Crippen molar-refractivity contribution >= 4 is 46.1 Å². The average Bonchev–Trinajstić information content (AvgIpc) is 3.37. The lowest BCUT2D eigenvalue weighted by Gasteiger charge is -2.26. The largest absolute Gasteiger partial charge is 0.507 e. The van der Waals surface area contributed by atoms with Gasteiger partial charge >= 0.3 is 0 Å². The second-order valence-electron chi connectivity index (χ2n) is 7.32. The molecule has 1 N–H and O–H groups in total. The van der Waals surface area contributed by atoms with E-state index < -0.39 is 17.7 Å². The molecule has 158 valence electrons. The van der Waals surface area contributed by atoms with Gasteiger partial charge in [0.15, 0.2) is 0 Å². The fourth-order valence-corrected chi connectivity index (χ4v) is 4.76. The highest BCUT2D eigenvalue weighted by molar-refractivity contribution is 7.10. The number of Topliss-reactive ketones (excluding diaryl/α,β-unsaturated/α-hetero) is 1. The summed E-state index contributed by atoms with van der Waals surface area (Å²) in [4.78, 5) is 28.6. The van der Waals surface area contributed by atoms with Gasteiger partial charge in [-0.3, -0.25) is 14.5 Å².